The van der Waals surface area contributed by atoms with Crippen LogP contribution in [0.5, 0.6) is 0 Å². The van der Waals surface area contributed by atoms with E-state index in [4.69, 9.17) is 51.5 Å². The van der Waals surface area contributed by atoms with Crippen LogP contribution in [-0.4, -0.2) is 9.78 Å². The molecule has 0 spiro atoms. The number of hydrogen-bond donors (Lipinski definition) is 0. The molecule has 0 aliphatic heterocycles. The summed E-state index contributed by atoms with van der Waals surface area (Å²) in [6, 6.07) is 19.6. The molecule has 0 saturated heterocycles. The van der Waals surface area contributed by atoms with E-state index in [0.717, 1.165) is 22.5 Å². The van der Waals surface area contributed by atoms with Gasteiger partial charge in [-0.1, -0.05) is 82.3 Å². The lowest BCUT2D eigenvalue weighted by molar-refractivity contribution is 0.693. The van der Waals surface area contributed by atoms with E-state index in [2.05, 4.69) is 32.0 Å². The second-order valence-corrected chi connectivity index (χ2v) is 8.89. The van der Waals surface area contributed by atoms with Crippen LogP contribution in [0.2, 0.25) is 20.1 Å². The molecule has 3 aromatic carbocycles. The number of benzene rings is 3. The SMILES string of the molecule is Cc1ccc(C)c(Cn2nc(-c3ccc(Cl)c(Cl)c3)cc2-c2ccc(Cl)c(Cl)c2)c1. The summed E-state index contributed by atoms with van der Waals surface area (Å²) in [6.07, 6.45) is 0. The highest BCUT2D eigenvalue weighted by Gasteiger charge is 2.15. The minimum atomic E-state index is 0.495. The Balaban J connectivity index is 1.85. The zero-order valence-electron chi connectivity index (χ0n) is 16.4. The van der Waals surface area contributed by atoms with Gasteiger partial charge in [0.1, 0.15) is 0 Å². The standard InChI is InChI=1S/C24H18Cl4N2/c1-14-3-4-15(2)18(9-14)13-30-24(17-6-8-20(26)22(28)11-17)12-23(29-30)16-5-7-19(25)21(27)10-16/h3-12H,13H2,1-2H3. The van der Waals surface area contributed by atoms with Gasteiger partial charge in [-0.25, -0.2) is 0 Å². The predicted octanol–water partition coefficient (Wildman–Crippen LogP) is 8.50. The second-order valence-electron chi connectivity index (χ2n) is 7.26. The van der Waals surface area contributed by atoms with Gasteiger partial charge >= 0.3 is 0 Å². The fourth-order valence-electron chi connectivity index (χ4n) is 3.35. The Labute approximate surface area is 196 Å². The minimum Gasteiger partial charge on any atom is -0.260 e. The second kappa shape index (κ2) is 8.64. The van der Waals surface area contributed by atoms with Gasteiger partial charge in [0.15, 0.2) is 0 Å². The molecule has 4 aromatic rings. The van der Waals surface area contributed by atoms with E-state index in [0.29, 0.717) is 26.6 Å². The summed E-state index contributed by atoms with van der Waals surface area (Å²) in [5.74, 6) is 0. The van der Waals surface area contributed by atoms with Crippen molar-refractivity contribution in [3.05, 3.63) is 97.4 Å². The largest absolute Gasteiger partial charge is 0.260 e. The summed E-state index contributed by atoms with van der Waals surface area (Å²) in [5.41, 5.74) is 7.21. The molecule has 0 bridgehead atoms. The lowest BCUT2D eigenvalue weighted by atomic mass is 10.1. The molecule has 0 aliphatic rings. The van der Waals surface area contributed by atoms with Crippen molar-refractivity contribution in [2.45, 2.75) is 20.4 Å². The van der Waals surface area contributed by atoms with Crippen LogP contribution in [-0.2, 0) is 6.54 Å². The number of aromatic nitrogens is 2. The maximum Gasteiger partial charge on any atom is 0.0930 e. The molecule has 1 heterocycles. The van der Waals surface area contributed by atoms with Crippen molar-refractivity contribution in [2.75, 3.05) is 0 Å². The van der Waals surface area contributed by atoms with Gasteiger partial charge < -0.3 is 0 Å². The average Bonchev–Trinajstić information content (AvgIpc) is 3.13. The molecule has 1 aromatic heterocycles. The Morgan fingerprint density at radius 3 is 2.00 bits per heavy atom. The van der Waals surface area contributed by atoms with Crippen LogP contribution in [0.15, 0.2) is 60.7 Å². The first-order chi connectivity index (χ1) is 14.3. The van der Waals surface area contributed by atoms with Gasteiger partial charge in [-0.15, -0.1) is 0 Å². The molecule has 0 aliphatic carbocycles. The molecule has 0 radical (unpaired) electrons. The van der Waals surface area contributed by atoms with Gasteiger partial charge in [0, 0.05) is 11.1 Å². The maximum atomic E-state index is 6.29. The van der Waals surface area contributed by atoms with Crippen molar-refractivity contribution in [1.82, 2.24) is 9.78 Å². The summed E-state index contributed by atoms with van der Waals surface area (Å²) >= 11 is 24.7. The fraction of sp³-hybridized carbons (Fsp3) is 0.125. The summed E-state index contributed by atoms with van der Waals surface area (Å²) in [6.45, 7) is 4.83. The van der Waals surface area contributed by atoms with Crippen LogP contribution in [0.25, 0.3) is 22.5 Å². The third kappa shape index (κ3) is 4.38. The Bertz CT molecular complexity index is 1240. The number of halogens is 4. The van der Waals surface area contributed by atoms with Crippen molar-refractivity contribution in [2.24, 2.45) is 0 Å². The Hall–Kier alpha value is -1.97. The lowest BCUT2D eigenvalue weighted by Gasteiger charge is -2.11. The molecule has 30 heavy (non-hydrogen) atoms. The summed E-state index contributed by atoms with van der Waals surface area (Å²) in [7, 11) is 0. The Morgan fingerprint density at radius 1 is 0.700 bits per heavy atom. The molecule has 0 amide bonds. The molecule has 152 valence electrons. The van der Waals surface area contributed by atoms with Crippen LogP contribution in [0.3, 0.4) is 0 Å². The van der Waals surface area contributed by atoms with Gasteiger partial charge in [0.25, 0.3) is 0 Å². The van der Waals surface area contributed by atoms with Crippen molar-refractivity contribution in [3.8, 4) is 22.5 Å². The van der Waals surface area contributed by atoms with E-state index in [-0.39, 0.29) is 0 Å². The maximum absolute atomic E-state index is 6.29. The van der Waals surface area contributed by atoms with Gasteiger partial charge in [-0.3, -0.25) is 4.68 Å². The van der Waals surface area contributed by atoms with Crippen molar-refractivity contribution in [1.29, 1.82) is 0 Å². The topological polar surface area (TPSA) is 17.8 Å². The number of rotatable bonds is 4. The van der Waals surface area contributed by atoms with Crippen LogP contribution in [0.1, 0.15) is 16.7 Å². The van der Waals surface area contributed by atoms with Gasteiger partial charge in [0.05, 0.1) is 38.0 Å². The minimum absolute atomic E-state index is 0.495. The highest BCUT2D eigenvalue weighted by Crippen LogP contribution is 2.33. The highest BCUT2D eigenvalue weighted by atomic mass is 35.5. The van der Waals surface area contributed by atoms with E-state index in [9.17, 15) is 0 Å². The highest BCUT2D eigenvalue weighted by molar-refractivity contribution is 6.42. The molecule has 0 atom stereocenters. The van der Waals surface area contributed by atoms with E-state index in [1.54, 1.807) is 12.1 Å². The van der Waals surface area contributed by atoms with Crippen molar-refractivity contribution in [3.63, 3.8) is 0 Å². The fourth-order valence-corrected chi connectivity index (χ4v) is 3.95. The first-order valence-electron chi connectivity index (χ1n) is 9.36. The Kier molecular flexibility index (Phi) is 6.13. The van der Waals surface area contributed by atoms with Crippen LogP contribution >= 0.6 is 46.4 Å². The molecule has 0 unspecified atom stereocenters. The molecule has 4 rings (SSSR count). The third-order valence-electron chi connectivity index (χ3n) is 5.04. The normalized spacial score (nSPS) is 11.1. The van der Waals surface area contributed by atoms with Gasteiger partial charge in [0.2, 0.25) is 0 Å². The summed E-state index contributed by atoms with van der Waals surface area (Å²) < 4.78 is 1.99. The zero-order chi connectivity index (χ0) is 21.4. The third-order valence-corrected chi connectivity index (χ3v) is 6.51. The average molecular weight is 476 g/mol. The predicted molar refractivity (Wildman–Crippen MR) is 128 cm³/mol. The quantitative estimate of drug-likeness (QED) is 0.289. The van der Waals surface area contributed by atoms with Crippen LogP contribution < -0.4 is 0 Å². The molecular formula is C24H18Cl4N2. The summed E-state index contributed by atoms with van der Waals surface area (Å²) in [5, 5.41) is 6.92. The van der Waals surface area contributed by atoms with E-state index in [1.165, 1.54) is 16.7 Å². The monoisotopic (exact) mass is 474 g/mol. The molecule has 6 heteroatoms. The van der Waals surface area contributed by atoms with Crippen LogP contribution in [0, 0.1) is 13.8 Å². The molecule has 0 N–H and O–H groups in total. The van der Waals surface area contributed by atoms with Crippen molar-refractivity contribution >= 4 is 46.4 Å². The van der Waals surface area contributed by atoms with Crippen LogP contribution in [0.4, 0.5) is 0 Å². The zero-order valence-corrected chi connectivity index (χ0v) is 19.4. The van der Waals surface area contributed by atoms with E-state index < -0.39 is 0 Å². The van der Waals surface area contributed by atoms with Crippen molar-refractivity contribution < 1.29 is 0 Å². The lowest BCUT2D eigenvalue weighted by Crippen LogP contribution is -2.06. The summed E-state index contributed by atoms with van der Waals surface area (Å²) in [4.78, 5) is 0. The molecule has 0 fully saturated rings. The number of hydrogen-bond acceptors (Lipinski definition) is 1. The molecule has 2 nitrogen and oxygen atoms in total. The van der Waals surface area contributed by atoms with E-state index >= 15 is 0 Å². The molecular weight excluding hydrogens is 458 g/mol. The first-order valence-corrected chi connectivity index (χ1v) is 10.9. The Morgan fingerprint density at radius 2 is 1.33 bits per heavy atom. The van der Waals surface area contributed by atoms with Gasteiger partial charge in [-0.2, -0.15) is 5.10 Å². The van der Waals surface area contributed by atoms with E-state index in [1.807, 2.05) is 35.0 Å². The number of nitrogens with zero attached hydrogens (tertiary/aromatic N) is 2. The smallest absolute Gasteiger partial charge is 0.0930 e. The van der Waals surface area contributed by atoms with Gasteiger partial charge in [-0.05, 0) is 55.3 Å². The molecule has 0 saturated carbocycles. The first kappa shape index (κ1) is 21.3. The number of aryl methyl sites for hydroxylation is 2.